The second-order valence-corrected chi connectivity index (χ2v) is 7.83. The summed E-state index contributed by atoms with van der Waals surface area (Å²) in [6.45, 7) is 4.36. The summed E-state index contributed by atoms with van der Waals surface area (Å²) in [6.07, 6.45) is 8.68. The molecular formula is C26H22N4O. The Morgan fingerprint density at radius 1 is 0.968 bits per heavy atom. The number of aromatic hydroxyl groups is 1. The summed E-state index contributed by atoms with van der Waals surface area (Å²) in [7, 11) is 0. The number of fused-ring (bicyclic) bond motifs is 1. The second-order valence-electron chi connectivity index (χ2n) is 7.83. The molecule has 0 aliphatic rings. The highest BCUT2D eigenvalue weighted by atomic mass is 16.3. The molecule has 0 atom stereocenters. The molecule has 0 spiro atoms. The summed E-state index contributed by atoms with van der Waals surface area (Å²) < 4.78 is 3.67. The topological polar surface area (TPSA) is 54.8 Å². The van der Waals surface area contributed by atoms with Crippen molar-refractivity contribution in [3.05, 3.63) is 97.3 Å². The predicted molar refractivity (Wildman–Crippen MR) is 120 cm³/mol. The molecule has 0 saturated carbocycles. The Hall–Kier alpha value is -3.99. The van der Waals surface area contributed by atoms with Crippen molar-refractivity contribution in [2.45, 2.75) is 19.8 Å². The lowest BCUT2D eigenvalue weighted by Gasteiger charge is -2.10. The zero-order chi connectivity index (χ0) is 21.4. The maximum absolute atomic E-state index is 10.1. The first-order chi connectivity index (χ1) is 15.1. The lowest BCUT2D eigenvalue weighted by Crippen LogP contribution is -2.28. The quantitative estimate of drug-likeness (QED) is 0.338. The molecule has 0 aliphatic heterocycles. The van der Waals surface area contributed by atoms with Gasteiger partial charge in [-0.05, 0) is 47.4 Å². The van der Waals surface area contributed by atoms with Crippen LogP contribution < -0.4 is 4.57 Å². The van der Waals surface area contributed by atoms with E-state index in [2.05, 4.69) is 60.5 Å². The first-order valence-corrected chi connectivity index (χ1v) is 10.3. The van der Waals surface area contributed by atoms with E-state index in [0.29, 0.717) is 11.6 Å². The Bertz CT molecular complexity index is 1390. The molecule has 1 N–H and O–H groups in total. The number of nitrogens with zero attached hydrogens (tertiary/aromatic N) is 4. The summed E-state index contributed by atoms with van der Waals surface area (Å²) >= 11 is 0. The molecule has 0 bridgehead atoms. The number of para-hydroxylation sites is 2. The van der Waals surface area contributed by atoms with E-state index in [0.717, 1.165) is 27.8 Å². The molecule has 0 fully saturated rings. The highest BCUT2D eigenvalue weighted by Crippen LogP contribution is 2.28. The molecule has 5 nitrogen and oxygen atoms in total. The number of hydrogen-bond acceptors (Lipinski definition) is 3. The van der Waals surface area contributed by atoms with Crippen molar-refractivity contribution >= 4 is 10.9 Å². The van der Waals surface area contributed by atoms with Gasteiger partial charge >= 0.3 is 0 Å². The maximum atomic E-state index is 10.1. The highest BCUT2D eigenvalue weighted by Gasteiger charge is 2.11. The third-order valence-corrected chi connectivity index (χ3v) is 5.45. The van der Waals surface area contributed by atoms with Crippen molar-refractivity contribution in [2.75, 3.05) is 0 Å². The molecule has 0 saturated heterocycles. The Morgan fingerprint density at radius 3 is 2.68 bits per heavy atom. The number of rotatable bonds is 4. The van der Waals surface area contributed by atoms with Crippen molar-refractivity contribution in [3.8, 4) is 28.4 Å². The van der Waals surface area contributed by atoms with Crippen LogP contribution in [0.1, 0.15) is 25.3 Å². The van der Waals surface area contributed by atoms with Gasteiger partial charge in [0, 0.05) is 17.8 Å². The maximum Gasteiger partial charge on any atom is 0.268 e. The normalized spacial score (nSPS) is 11.3. The van der Waals surface area contributed by atoms with Crippen LogP contribution in [0.25, 0.3) is 33.5 Å². The van der Waals surface area contributed by atoms with Gasteiger partial charge in [0.15, 0.2) is 0 Å². The minimum Gasteiger partial charge on any atom is -0.511 e. The summed E-state index contributed by atoms with van der Waals surface area (Å²) in [6, 6.07) is 21.8. The van der Waals surface area contributed by atoms with Gasteiger partial charge < -0.3 is 5.11 Å². The van der Waals surface area contributed by atoms with E-state index in [-0.39, 0.29) is 5.75 Å². The first-order valence-electron chi connectivity index (χ1n) is 10.3. The smallest absolute Gasteiger partial charge is 0.268 e. The van der Waals surface area contributed by atoms with E-state index in [4.69, 9.17) is 0 Å². The van der Waals surface area contributed by atoms with E-state index >= 15 is 0 Å². The van der Waals surface area contributed by atoms with Gasteiger partial charge in [0.05, 0.1) is 16.9 Å². The molecule has 0 radical (unpaired) electrons. The molecule has 3 aromatic carbocycles. The van der Waals surface area contributed by atoms with Crippen LogP contribution in [0.2, 0.25) is 0 Å². The standard InChI is InChI=1S/C26H22N4O/c1-18(2)19-10-11-22-23(15-19)27-16-28-26(22)20-6-5-7-21(14-20)29-12-13-30(17-29)24-8-3-4-9-25(24)31/h3-16,18,31H,1-2H3. The van der Waals surface area contributed by atoms with Crippen molar-refractivity contribution in [2.24, 2.45) is 0 Å². The molecule has 5 heteroatoms. The second kappa shape index (κ2) is 7.69. The average Bonchev–Trinajstić information content (AvgIpc) is 3.29. The zero-order valence-corrected chi connectivity index (χ0v) is 17.4. The number of benzene rings is 3. The van der Waals surface area contributed by atoms with Crippen LogP contribution in [-0.2, 0) is 0 Å². The van der Waals surface area contributed by atoms with Gasteiger partial charge in [-0.25, -0.2) is 9.97 Å². The van der Waals surface area contributed by atoms with Gasteiger partial charge in [0.25, 0.3) is 6.33 Å². The molecular weight excluding hydrogens is 384 g/mol. The molecule has 152 valence electrons. The average molecular weight is 406 g/mol. The van der Waals surface area contributed by atoms with Gasteiger partial charge in [-0.2, -0.15) is 0 Å². The minimum atomic E-state index is 0.212. The third kappa shape index (κ3) is 3.55. The number of aromatic nitrogens is 4. The fraction of sp³-hybridized carbons (Fsp3) is 0.115. The number of hydrogen-bond donors (Lipinski definition) is 1. The van der Waals surface area contributed by atoms with Gasteiger partial charge in [-0.1, -0.05) is 50.2 Å². The van der Waals surface area contributed by atoms with Crippen LogP contribution in [-0.4, -0.2) is 19.6 Å². The van der Waals surface area contributed by atoms with E-state index in [1.807, 2.05) is 41.2 Å². The molecule has 0 aliphatic carbocycles. The van der Waals surface area contributed by atoms with Crippen LogP contribution in [0.5, 0.6) is 5.75 Å². The number of imidazole rings is 1. The van der Waals surface area contributed by atoms with Gasteiger partial charge in [0.2, 0.25) is 0 Å². The van der Waals surface area contributed by atoms with E-state index in [9.17, 15) is 5.11 Å². The summed E-state index contributed by atoms with van der Waals surface area (Å²) in [5.74, 6) is 0.662. The van der Waals surface area contributed by atoms with Gasteiger partial charge in [-0.3, -0.25) is 9.13 Å². The van der Waals surface area contributed by atoms with Crippen LogP contribution in [0.3, 0.4) is 0 Å². The molecule has 0 unspecified atom stereocenters. The molecule has 31 heavy (non-hydrogen) atoms. The first kappa shape index (κ1) is 19.0. The van der Waals surface area contributed by atoms with Crippen LogP contribution in [0.4, 0.5) is 0 Å². The van der Waals surface area contributed by atoms with E-state index in [1.165, 1.54) is 5.56 Å². The van der Waals surface area contributed by atoms with Crippen molar-refractivity contribution < 1.29 is 9.67 Å². The van der Waals surface area contributed by atoms with Crippen molar-refractivity contribution in [1.29, 1.82) is 0 Å². The van der Waals surface area contributed by atoms with Gasteiger partial charge in [-0.15, -0.1) is 0 Å². The number of phenols is 1. The van der Waals surface area contributed by atoms with Crippen LogP contribution in [0, 0.1) is 6.33 Å². The minimum absolute atomic E-state index is 0.212. The Kier molecular flexibility index (Phi) is 4.71. The summed E-state index contributed by atoms with van der Waals surface area (Å²) in [5, 5.41) is 11.2. The van der Waals surface area contributed by atoms with Crippen LogP contribution >= 0.6 is 0 Å². The molecule has 0 amide bonds. The lowest BCUT2D eigenvalue weighted by atomic mass is 9.99. The zero-order valence-electron chi connectivity index (χ0n) is 17.4. The molecule has 5 aromatic rings. The molecule has 5 rings (SSSR count). The largest absolute Gasteiger partial charge is 0.511 e. The fourth-order valence-electron chi connectivity index (χ4n) is 3.73. The predicted octanol–water partition coefficient (Wildman–Crippen LogP) is 4.99. The van der Waals surface area contributed by atoms with E-state index in [1.54, 1.807) is 23.0 Å². The highest BCUT2D eigenvalue weighted by molar-refractivity contribution is 5.92. The Morgan fingerprint density at radius 2 is 1.84 bits per heavy atom. The fourth-order valence-corrected chi connectivity index (χ4v) is 3.73. The van der Waals surface area contributed by atoms with Crippen molar-refractivity contribution in [3.63, 3.8) is 0 Å². The van der Waals surface area contributed by atoms with Gasteiger partial charge in [0.1, 0.15) is 17.8 Å². The lowest BCUT2D eigenvalue weighted by molar-refractivity contribution is -0.599. The van der Waals surface area contributed by atoms with E-state index < -0.39 is 0 Å². The third-order valence-electron chi connectivity index (χ3n) is 5.45. The Balaban J connectivity index is 1.56. The van der Waals surface area contributed by atoms with Crippen LogP contribution in [0.15, 0.2) is 85.5 Å². The SMILES string of the molecule is CC(C)c1ccc2c(-c3cccc(-[n+]4[c-]n(-c5ccccc5O)cc4)c3)ncnc2c1. The monoisotopic (exact) mass is 406 g/mol. The number of phenolic OH excluding ortho intramolecular Hbond substituents is 1. The molecule has 2 aromatic heterocycles. The summed E-state index contributed by atoms with van der Waals surface area (Å²) in [5.41, 5.74) is 5.77. The Labute approximate surface area is 180 Å². The van der Waals surface area contributed by atoms with Crippen molar-refractivity contribution in [1.82, 2.24) is 14.5 Å². The summed E-state index contributed by atoms with van der Waals surface area (Å²) in [4.78, 5) is 9.07. The molecule has 2 heterocycles.